The maximum absolute atomic E-state index is 12.7. The number of thiazole rings is 1. The van der Waals surface area contributed by atoms with Gasteiger partial charge in [0.05, 0.1) is 27.5 Å². The second kappa shape index (κ2) is 8.74. The highest BCUT2D eigenvalue weighted by Crippen LogP contribution is 2.40. The van der Waals surface area contributed by atoms with Crippen LogP contribution in [0, 0.1) is 0 Å². The lowest BCUT2D eigenvalue weighted by Gasteiger charge is -2.14. The summed E-state index contributed by atoms with van der Waals surface area (Å²) in [6.07, 6.45) is 1.51. The number of Topliss-reactive ketones (excluding diaryl/α,β-unsaturated/α-hetero) is 1. The fourth-order valence-electron chi connectivity index (χ4n) is 2.73. The molecule has 0 atom stereocenters. The third-order valence-corrected chi connectivity index (χ3v) is 5.21. The number of nitrogens with zero attached hydrogens (tertiary/aromatic N) is 1. The highest BCUT2D eigenvalue weighted by atomic mass is 32.1. The fourth-order valence-corrected chi connectivity index (χ4v) is 3.54. The molecule has 1 amide bonds. The van der Waals surface area contributed by atoms with Gasteiger partial charge in [-0.05, 0) is 13.0 Å². The minimum atomic E-state index is -0.314. The van der Waals surface area contributed by atoms with Crippen LogP contribution >= 0.6 is 11.3 Å². The maximum atomic E-state index is 12.7. The van der Waals surface area contributed by atoms with Crippen molar-refractivity contribution in [2.24, 2.45) is 0 Å². The van der Waals surface area contributed by atoms with Crippen LogP contribution in [0.5, 0.6) is 17.2 Å². The van der Waals surface area contributed by atoms with E-state index in [1.165, 1.54) is 45.8 Å². The molecule has 1 heterocycles. The van der Waals surface area contributed by atoms with Crippen molar-refractivity contribution < 1.29 is 23.8 Å². The summed E-state index contributed by atoms with van der Waals surface area (Å²) >= 11 is 1.24. The first-order valence-electron chi connectivity index (χ1n) is 8.65. The number of ether oxygens (including phenoxy) is 3. The number of carbonyl (C=O) groups excluding carboxylic acids is 2. The first-order valence-corrected chi connectivity index (χ1v) is 9.47. The van der Waals surface area contributed by atoms with E-state index in [0.717, 1.165) is 5.56 Å². The van der Waals surface area contributed by atoms with Crippen molar-refractivity contribution in [3.63, 3.8) is 0 Å². The molecule has 1 N–H and O–H groups in total. The van der Waals surface area contributed by atoms with E-state index >= 15 is 0 Å². The van der Waals surface area contributed by atoms with Gasteiger partial charge in [-0.3, -0.25) is 9.59 Å². The number of hydrogen-bond acceptors (Lipinski definition) is 7. The maximum Gasteiger partial charge on any atom is 0.267 e. The van der Waals surface area contributed by atoms with Gasteiger partial charge in [0.25, 0.3) is 5.91 Å². The smallest absolute Gasteiger partial charge is 0.267 e. The molecule has 0 aliphatic carbocycles. The molecule has 29 heavy (non-hydrogen) atoms. The van der Waals surface area contributed by atoms with Crippen LogP contribution in [0.4, 0.5) is 5.69 Å². The molecular weight excluding hydrogens is 392 g/mol. The summed E-state index contributed by atoms with van der Waals surface area (Å²) in [5.74, 6) is 0.981. The standard InChI is InChI=1S/C21H20N2O5S/c1-12(24)13-6-5-7-14(8-13)21-22-11-18(29-21)20(25)23-15-9-16(26-2)19(28-4)17(10-15)27-3/h5-11H,1-4H3,(H,23,25). The summed E-state index contributed by atoms with van der Waals surface area (Å²) in [5, 5.41) is 3.47. The second-order valence-electron chi connectivity index (χ2n) is 6.03. The average molecular weight is 412 g/mol. The molecule has 0 spiro atoms. The molecular formula is C21H20N2O5S. The molecule has 7 nitrogen and oxygen atoms in total. The number of ketones is 1. The topological polar surface area (TPSA) is 86.8 Å². The normalized spacial score (nSPS) is 10.3. The SMILES string of the molecule is COc1cc(NC(=O)c2cnc(-c3cccc(C(C)=O)c3)s2)cc(OC)c1OC. The summed E-state index contributed by atoms with van der Waals surface area (Å²) in [5.41, 5.74) is 1.88. The Kier molecular flexibility index (Phi) is 6.13. The summed E-state index contributed by atoms with van der Waals surface area (Å²) in [6, 6.07) is 10.5. The summed E-state index contributed by atoms with van der Waals surface area (Å²) in [7, 11) is 4.53. The average Bonchev–Trinajstić information content (AvgIpc) is 3.23. The number of methoxy groups -OCH3 is 3. The van der Waals surface area contributed by atoms with Crippen LogP contribution in [-0.2, 0) is 0 Å². The van der Waals surface area contributed by atoms with Gasteiger partial charge in [-0.15, -0.1) is 11.3 Å². The Balaban J connectivity index is 1.84. The van der Waals surface area contributed by atoms with Gasteiger partial charge in [0.15, 0.2) is 17.3 Å². The second-order valence-corrected chi connectivity index (χ2v) is 7.07. The monoisotopic (exact) mass is 412 g/mol. The van der Waals surface area contributed by atoms with E-state index in [2.05, 4.69) is 10.3 Å². The number of aromatic nitrogens is 1. The van der Waals surface area contributed by atoms with Crippen LogP contribution in [0.3, 0.4) is 0 Å². The lowest BCUT2D eigenvalue weighted by molar-refractivity contribution is 0.101. The minimum absolute atomic E-state index is 0.0243. The molecule has 0 fully saturated rings. The van der Waals surface area contributed by atoms with Crippen LogP contribution in [-0.4, -0.2) is 38.0 Å². The van der Waals surface area contributed by atoms with Crippen molar-refractivity contribution in [2.75, 3.05) is 26.6 Å². The molecule has 0 bridgehead atoms. The van der Waals surface area contributed by atoms with Crippen molar-refractivity contribution >= 4 is 28.7 Å². The number of nitrogens with one attached hydrogen (secondary N) is 1. The minimum Gasteiger partial charge on any atom is -0.493 e. The Morgan fingerprint density at radius 3 is 2.28 bits per heavy atom. The first-order chi connectivity index (χ1) is 14.0. The molecule has 2 aromatic carbocycles. The number of amides is 1. The number of benzene rings is 2. The van der Waals surface area contributed by atoms with Gasteiger partial charge in [0.1, 0.15) is 9.88 Å². The van der Waals surface area contributed by atoms with Crippen LogP contribution in [0.15, 0.2) is 42.6 Å². The molecule has 8 heteroatoms. The van der Waals surface area contributed by atoms with Crippen molar-refractivity contribution in [1.29, 1.82) is 0 Å². The molecule has 0 aliphatic rings. The molecule has 3 aromatic rings. The zero-order valence-electron chi connectivity index (χ0n) is 16.4. The van der Waals surface area contributed by atoms with E-state index < -0.39 is 0 Å². The Morgan fingerprint density at radius 1 is 1.00 bits per heavy atom. The van der Waals surface area contributed by atoms with Gasteiger partial charge in [-0.1, -0.05) is 18.2 Å². The number of hydrogen-bond donors (Lipinski definition) is 1. The van der Waals surface area contributed by atoms with Gasteiger partial charge in [0.2, 0.25) is 5.75 Å². The molecule has 150 valence electrons. The van der Waals surface area contributed by atoms with Crippen LogP contribution in [0.1, 0.15) is 27.0 Å². The van der Waals surface area contributed by atoms with Crippen molar-refractivity contribution in [2.45, 2.75) is 6.92 Å². The van der Waals surface area contributed by atoms with Crippen molar-refractivity contribution in [3.8, 4) is 27.8 Å². The third kappa shape index (κ3) is 4.38. The number of rotatable bonds is 7. The lowest BCUT2D eigenvalue weighted by Crippen LogP contribution is -2.10. The predicted molar refractivity (Wildman–Crippen MR) is 112 cm³/mol. The Bertz CT molecular complexity index is 1040. The van der Waals surface area contributed by atoms with Crippen molar-refractivity contribution in [1.82, 2.24) is 4.98 Å². The van der Waals surface area contributed by atoms with E-state index in [4.69, 9.17) is 14.2 Å². The first kappa shape index (κ1) is 20.3. The number of carbonyl (C=O) groups is 2. The van der Waals surface area contributed by atoms with E-state index in [1.54, 1.807) is 30.3 Å². The van der Waals surface area contributed by atoms with E-state index in [9.17, 15) is 9.59 Å². The predicted octanol–water partition coefficient (Wildman–Crippen LogP) is 4.29. The summed E-state index contributed by atoms with van der Waals surface area (Å²) in [6.45, 7) is 1.51. The van der Waals surface area contributed by atoms with Crippen LogP contribution < -0.4 is 19.5 Å². The van der Waals surface area contributed by atoms with Crippen molar-refractivity contribution in [3.05, 3.63) is 53.0 Å². The summed E-state index contributed by atoms with van der Waals surface area (Å²) < 4.78 is 15.9. The zero-order valence-corrected chi connectivity index (χ0v) is 17.3. The third-order valence-electron chi connectivity index (χ3n) is 4.17. The highest BCUT2D eigenvalue weighted by Gasteiger charge is 2.17. The Hall–Kier alpha value is -3.39. The van der Waals surface area contributed by atoms with Crippen LogP contribution in [0.25, 0.3) is 10.6 Å². The van der Waals surface area contributed by atoms with E-state index in [1.807, 2.05) is 6.07 Å². The van der Waals surface area contributed by atoms with Gasteiger partial charge in [-0.2, -0.15) is 0 Å². The highest BCUT2D eigenvalue weighted by molar-refractivity contribution is 7.17. The molecule has 0 radical (unpaired) electrons. The molecule has 1 aromatic heterocycles. The van der Waals surface area contributed by atoms with Gasteiger partial charge in [0, 0.05) is 28.9 Å². The molecule has 3 rings (SSSR count). The summed E-state index contributed by atoms with van der Waals surface area (Å²) in [4.78, 5) is 29.0. The fraction of sp³-hybridized carbons (Fsp3) is 0.190. The zero-order chi connectivity index (χ0) is 21.0. The van der Waals surface area contributed by atoms with Crippen LogP contribution in [0.2, 0.25) is 0 Å². The molecule has 0 saturated carbocycles. The van der Waals surface area contributed by atoms with E-state index in [-0.39, 0.29) is 11.7 Å². The Labute approximate surface area is 172 Å². The number of anilines is 1. The Morgan fingerprint density at radius 2 is 1.69 bits per heavy atom. The lowest BCUT2D eigenvalue weighted by atomic mass is 10.1. The van der Waals surface area contributed by atoms with Gasteiger partial charge >= 0.3 is 0 Å². The quantitative estimate of drug-likeness (QED) is 0.583. The largest absolute Gasteiger partial charge is 0.493 e. The molecule has 0 saturated heterocycles. The van der Waals surface area contributed by atoms with Gasteiger partial charge < -0.3 is 19.5 Å². The van der Waals surface area contributed by atoms with E-state index in [0.29, 0.717) is 38.4 Å². The molecule has 0 aliphatic heterocycles. The molecule has 0 unspecified atom stereocenters. The van der Waals surface area contributed by atoms with Gasteiger partial charge in [-0.25, -0.2) is 4.98 Å².